The molecule has 110 valence electrons. The number of ether oxygens (including phenoxy) is 2. The molecule has 0 spiro atoms. The summed E-state index contributed by atoms with van der Waals surface area (Å²) >= 11 is 0. The van der Waals surface area contributed by atoms with Crippen LogP contribution in [-0.2, 0) is 0 Å². The number of aromatic nitrogens is 1. The average molecular weight is 288 g/mol. The first kappa shape index (κ1) is 13.5. The maximum absolute atomic E-state index is 12.6. The zero-order valence-electron chi connectivity index (χ0n) is 11.7. The molecule has 6 nitrogen and oxygen atoms in total. The Hall–Kier alpha value is -2.50. The highest BCUT2D eigenvalue weighted by Gasteiger charge is 2.25. The standard InChI is InChI=1S/C15H16N2O4/c1-2-19-15-16-11(10-21-15)14(18)17-8-5-9-20-13-7-4-3-6-12(13)17/h3-4,6-7,10H,2,5,8-9H2,1H3. The number of fused-ring (bicyclic) bond motifs is 1. The molecular formula is C15H16N2O4. The topological polar surface area (TPSA) is 64.8 Å². The Kier molecular flexibility index (Phi) is 3.77. The molecule has 0 atom stereocenters. The van der Waals surface area contributed by atoms with Crippen molar-refractivity contribution in [1.29, 1.82) is 0 Å². The van der Waals surface area contributed by atoms with Crippen LogP contribution in [0.15, 0.2) is 34.9 Å². The van der Waals surface area contributed by atoms with E-state index in [9.17, 15) is 4.79 Å². The van der Waals surface area contributed by atoms with Crippen molar-refractivity contribution in [2.45, 2.75) is 13.3 Å². The molecule has 0 fully saturated rings. The summed E-state index contributed by atoms with van der Waals surface area (Å²) in [6.45, 7) is 3.43. The summed E-state index contributed by atoms with van der Waals surface area (Å²) in [5.41, 5.74) is 0.983. The van der Waals surface area contributed by atoms with Gasteiger partial charge in [0.15, 0.2) is 5.69 Å². The number of rotatable bonds is 3. The van der Waals surface area contributed by atoms with Crippen LogP contribution in [0.1, 0.15) is 23.8 Å². The number of hydrogen-bond acceptors (Lipinski definition) is 5. The molecule has 0 bridgehead atoms. The van der Waals surface area contributed by atoms with Crippen LogP contribution in [0.2, 0.25) is 0 Å². The minimum atomic E-state index is -0.220. The van der Waals surface area contributed by atoms with Crippen LogP contribution in [0.25, 0.3) is 0 Å². The van der Waals surface area contributed by atoms with Gasteiger partial charge in [0.25, 0.3) is 5.91 Å². The van der Waals surface area contributed by atoms with Crippen molar-refractivity contribution < 1.29 is 18.7 Å². The third kappa shape index (κ3) is 2.69. The number of hydrogen-bond donors (Lipinski definition) is 0. The van der Waals surface area contributed by atoms with Crippen LogP contribution in [0.4, 0.5) is 5.69 Å². The van der Waals surface area contributed by atoms with Gasteiger partial charge in [-0.05, 0) is 25.5 Å². The van der Waals surface area contributed by atoms with E-state index in [1.807, 2.05) is 31.2 Å². The van der Waals surface area contributed by atoms with Crippen LogP contribution >= 0.6 is 0 Å². The van der Waals surface area contributed by atoms with Gasteiger partial charge in [0.1, 0.15) is 12.0 Å². The molecule has 2 heterocycles. The average Bonchev–Trinajstić information content (AvgIpc) is 2.86. The van der Waals surface area contributed by atoms with Crippen molar-refractivity contribution in [1.82, 2.24) is 4.98 Å². The summed E-state index contributed by atoms with van der Waals surface area (Å²) in [5.74, 6) is 0.486. The molecular weight excluding hydrogens is 272 g/mol. The van der Waals surface area contributed by atoms with Crippen LogP contribution < -0.4 is 14.4 Å². The molecule has 1 aromatic carbocycles. The summed E-state index contributed by atoms with van der Waals surface area (Å²) in [6, 6.07) is 7.48. The highest BCUT2D eigenvalue weighted by atomic mass is 16.6. The fraction of sp³-hybridized carbons (Fsp3) is 0.333. The molecule has 3 rings (SSSR count). The molecule has 1 aromatic heterocycles. The summed E-state index contributed by atoms with van der Waals surface area (Å²) in [4.78, 5) is 18.3. The number of para-hydroxylation sites is 2. The number of nitrogens with zero attached hydrogens (tertiary/aromatic N) is 2. The van der Waals surface area contributed by atoms with Crippen molar-refractivity contribution in [2.75, 3.05) is 24.7 Å². The van der Waals surface area contributed by atoms with Crippen molar-refractivity contribution in [3.63, 3.8) is 0 Å². The molecule has 1 aliphatic heterocycles. The number of oxazole rings is 1. The molecule has 0 radical (unpaired) electrons. The van der Waals surface area contributed by atoms with E-state index in [4.69, 9.17) is 13.9 Å². The predicted molar refractivity (Wildman–Crippen MR) is 75.9 cm³/mol. The number of amides is 1. The maximum atomic E-state index is 12.6. The highest BCUT2D eigenvalue weighted by Crippen LogP contribution is 2.31. The molecule has 6 heteroatoms. The van der Waals surface area contributed by atoms with Gasteiger partial charge in [-0.1, -0.05) is 12.1 Å². The zero-order valence-corrected chi connectivity index (χ0v) is 11.7. The van der Waals surface area contributed by atoms with Crippen LogP contribution in [0.5, 0.6) is 11.8 Å². The number of benzene rings is 1. The van der Waals surface area contributed by atoms with Gasteiger partial charge >= 0.3 is 6.08 Å². The molecule has 0 N–H and O–H groups in total. The normalized spacial score (nSPS) is 14.0. The van der Waals surface area contributed by atoms with Gasteiger partial charge in [-0.15, -0.1) is 0 Å². The smallest absolute Gasteiger partial charge is 0.394 e. The Morgan fingerprint density at radius 2 is 2.29 bits per heavy atom. The van der Waals surface area contributed by atoms with Gasteiger partial charge < -0.3 is 18.8 Å². The predicted octanol–water partition coefficient (Wildman–Crippen LogP) is 2.50. The molecule has 21 heavy (non-hydrogen) atoms. The van der Waals surface area contributed by atoms with E-state index >= 15 is 0 Å². The van der Waals surface area contributed by atoms with Crippen LogP contribution in [0, 0.1) is 0 Å². The van der Waals surface area contributed by atoms with E-state index in [1.54, 1.807) is 4.90 Å². The van der Waals surface area contributed by atoms with Gasteiger partial charge in [-0.25, -0.2) is 0 Å². The lowest BCUT2D eigenvalue weighted by Gasteiger charge is -2.20. The fourth-order valence-corrected chi connectivity index (χ4v) is 2.22. The maximum Gasteiger partial charge on any atom is 0.394 e. The third-order valence-corrected chi connectivity index (χ3v) is 3.15. The number of carbonyl (C=O) groups excluding carboxylic acids is 1. The molecule has 0 saturated carbocycles. The first-order chi connectivity index (χ1) is 10.3. The Morgan fingerprint density at radius 3 is 3.14 bits per heavy atom. The van der Waals surface area contributed by atoms with Gasteiger partial charge in [-0.3, -0.25) is 4.79 Å². The minimum absolute atomic E-state index is 0.111. The molecule has 0 saturated heterocycles. The van der Waals surface area contributed by atoms with E-state index in [1.165, 1.54) is 6.26 Å². The molecule has 1 aliphatic rings. The lowest BCUT2D eigenvalue weighted by atomic mass is 10.2. The van der Waals surface area contributed by atoms with E-state index in [-0.39, 0.29) is 17.7 Å². The van der Waals surface area contributed by atoms with Gasteiger partial charge in [0, 0.05) is 6.54 Å². The highest BCUT2D eigenvalue weighted by molar-refractivity contribution is 6.05. The third-order valence-electron chi connectivity index (χ3n) is 3.15. The Bertz CT molecular complexity index is 638. The Labute approximate surface area is 122 Å². The molecule has 2 aromatic rings. The SMILES string of the molecule is CCOc1nc(C(=O)N2CCCOc3ccccc32)co1. The zero-order chi connectivity index (χ0) is 14.7. The number of carbonyl (C=O) groups is 1. The first-order valence-corrected chi connectivity index (χ1v) is 6.91. The summed E-state index contributed by atoms with van der Waals surface area (Å²) in [5, 5.41) is 0. The molecule has 0 aliphatic carbocycles. The van der Waals surface area contributed by atoms with E-state index < -0.39 is 0 Å². The largest absolute Gasteiger partial charge is 0.491 e. The Balaban J connectivity index is 1.89. The lowest BCUT2D eigenvalue weighted by molar-refractivity contribution is 0.0982. The summed E-state index contributed by atoms with van der Waals surface area (Å²) in [6.07, 6.45) is 2.19. The van der Waals surface area contributed by atoms with Crippen molar-refractivity contribution in [3.8, 4) is 11.8 Å². The van der Waals surface area contributed by atoms with E-state index in [0.29, 0.717) is 25.5 Å². The second kappa shape index (κ2) is 5.87. The second-order valence-electron chi connectivity index (χ2n) is 4.56. The summed E-state index contributed by atoms with van der Waals surface area (Å²) in [7, 11) is 0. The molecule has 0 unspecified atom stereocenters. The first-order valence-electron chi connectivity index (χ1n) is 6.91. The van der Waals surface area contributed by atoms with E-state index in [2.05, 4.69) is 4.98 Å². The lowest BCUT2D eigenvalue weighted by Crippen LogP contribution is -2.31. The van der Waals surface area contributed by atoms with E-state index in [0.717, 1.165) is 12.1 Å². The Morgan fingerprint density at radius 1 is 1.43 bits per heavy atom. The van der Waals surface area contributed by atoms with Gasteiger partial charge in [0.2, 0.25) is 0 Å². The molecule has 1 amide bonds. The quantitative estimate of drug-likeness (QED) is 0.868. The van der Waals surface area contributed by atoms with Crippen molar-refractivity contribution in [2.24, 2.45) is 0 Å². The van der Waals surface area contributed by atoms with Gasteiger partial charge in [0.05, 0.1) is 18.9 Å². The summed E-state index contributed by atoms with van der Waals surface area (Å²) < 4.78 is 15.9. The fourth-order valence-electron chi connectivity index (χ4n) is 2.22. The van der Waals surface area contributed by atoms with Gasteiger partial charge in [-0.2, -0.15) is 4.98 Å². The van der Waals surface area contributed by atoms with Crippen LogP contribution in [-0.4, -0.2) is 30.6 Å². The number of anilines is 1. The second-order valence-corrected chi connectivity index (χ2v) is 4.56. The van der Waals surface area contributed by atoms with Crippen LogP contribution in [0.3, 0.4) is 0 Å². The monoisotopic (exact) mass is 288 g/mol. The minimum Gasteiger partial charge on any atom is -0.491 e. The van der Waals surface area contributed by atoms with Crippen molar-refractivity contribution in [3.05, 3.63) is 36.2 Å². The van der Waals surface area contributed by atoms with Crippen molar-refractivity contribution >= 4 is 11.6 Å².